The maximum absolute atomic E-state index is 11.9. The van der Waals surface area contributed by atoms with Gasteiger partial charge in [-0.1, -0.05) is 34.1 Å². The van der Waals surface area contributed by atoms with E-state index in [9.17, 15) is 4.79 Å². The van der Waals surface area contributed by atoms with Crippen LogP contribution in [0.1, 0.15) is 6.42 Å². The Balaban J connectivity index is 2.23. The van der Waals surface area contributed by atoms with E-state index in [1.807, 2.05) is 30.3 Å². The summed E-state index contributed by atoms with van der Waals surface area (Å²) in [4.78, 5) is 13.7. The Labute approximate surface area is 122 Å². The van der Waals surface area contributed by atoms with Crippen LogP contribution >= 0.6 is 15.9 Å². The molecule has 0 aromatic heterocycles. The molecule has 19 heavy (non-hydrogen) atoms. The maximum Gasteiger partial charge on any atom is 0.225 e. The van der Waals surface area contributed by atoms with E-state index in [0.29, 0.717) is 26.2 Å². The maximum atomic E-state index is 11.9. The van der Waals surface area contributed by atoms with E-state index in [1.54, 1.807) is 19.1 Å². The van der Waals surface area contributed by atoms with Crippen LogP contribution in [-0.2, 0) is 9.53 Å². The fraction of sp³-hybridized carbons (Fsp3) is 0.500. The molecule has 1 unspecified atom stereocenters. The number of carbonyl (C=O) groups excluding carboxylic acids is 1. The largest absolute Gasteiger partial charge is 0.493 e. The van der Waals surface area contributed by atoms with Gasteiger partial charge in [-0.3, -0.25) is 4.79 Å². The number of rotatable bonds is 8. The van der Waals surface area contributed by atoms with Crippen LogP contribution in [0.3, 0.4) is 0 Å². The third-order valence-corrected chi connectivity index (χ3v) is 3.13. The number of nitrogens with zero attached hydrogens (tertiary/aromatic N) is 1. The molecule has 1 rings (SSSR count). The Morgan fingerprint density at radius 2 is 2.05 bits per heavy atom. The van der Waals surface area contributed by atoms with Gasteiger partial charge in [-0.2, -0.15) is 0 Å². The van der Waals surface area contributed by atoms with Crippen LogP contribution in [0.5, 0.6) is 5.75 Å². The molecule has 0 aliphatic heterocycles. The summed E-state index contributed by atoms with van der Waals surface area (Å²) in [7, 11) is 3.43. The van der Waals surface area contributed by atoms with Crippen LogP contribution in [0.15, 0.2) is 30.3 Å². The van der Waals surface area contributed by atoms with E-state index in [1.165, 1.54) is 0 Å². The molecule has 0 spiro atoms. The van der Waals surface area contributed by atoms with E-state index in [0.717, 1.165) is 5.75 Å². The Kier molecular flexibility index (Phi) is 7.52. The second-order valence-corrected chi connectivity index (χ2v) is 5.53. The van der Waals surface area contributed by atoms with Crippen LogP contribution in [0.2, 0.25) is 0 Å². The lowest BCUT2D eigenvalue weighted by Crippen LogP contribution is -2.34. The molecule has 1 amide bonds. The molecule has 0 N–H and O–H groups in total. The first-order valence-electron chi connectivity index (χ1n) is 6.18. The smallest absolute Gasteiger partial charge is 0.225 e. The summed E-state index contributed by atoms with van der Waals surface area (Å²) in [5.74, 6) is 0.854. The number of para-hydroxylation sites is 1. The summed E-state index contributed by atoms with van der Waals surface area (Å²) in [6.45, 7) is 1.60. The number of benzene rings is 1. The highest BCUT2D eigenvalue weighted by molar-refractivity contribution is 9.09. The number of carbonyl (C=O) groups is 1. The van der Waals surface area contributed by atoms with Crippen molar-refractivity contribution in [3.63, 3.8) is 0 Å². The Morgan fingerprint density at radius 3 is 2.68 bits per heavy atom. The molecule has 0 fully saturated rings. The summed E-state index contributed by atoms with van der Waals surface area (Å²) in [5.41, 5.74) is 0. The van der Waals surface area contributed by atoms with Gasteiger partial charge in [0.25, 0.3) is 0 Å². The first-order chi connectivity index (χ1) is 9.13. The van der Waals surface area contributed by atoms with Crippen LogP contribution in [0, 0.1) is 0 Å². The Morgan fingerprint density at radius 1 is 1.37 bits per heavy atom. The van der Waals surface area contributed by atoms with Gasteiger partial charge in [-0.15, -0.1) is 0 Å². The molecule has 106 valence electrons. The fourth-order valence-corrected chi connectivity index (χ4v) is 2.29. The highest BCUT2D eigenvalue weighted by atomic mass is 79.9. The summed E-state index contributed by atoms with van der Waals surface area (Å²) in [5, 5.41) is 0. The van der Waals surface area contributed by atoms with Gasteiger partial charge in [0.15, 0.2) is 0 Å². The molecule has 1 aromatic carbocycles. The normalized spacial score (nSPS) is 11.9. The van der Waals surface area contributed by atoms with Crippen molar-refractivity contribution in [2.24, 2.45) is 0 Å². The van der Waals surface area contributed by atoms with Crippen LogP contribution in [0.4, 0.5) is 0 Å². The summed E-state index contributed by atoms with van der Waals surface area (Å²) in [6.07, 6.45) is 0.373. The van der Waals surface area contributed by atoms with Crippen LogP contribution in [0.25, 0.3) is 0 Å². The number of alkyl halides is 1. The van der Waals surface area contributed by atoms with Gasteiger partial charge in [0.1, 0.15) is 5.75 Å². The summed E-state index contributed by atoms with van der Waals surface area (Å²) >= 11 is 3.46. The Hall–Kier alpha value is -1.07. The minimum absolute atomic E-state index is 0.0662. The molecule has 4 nitrogen and oxygen atoms in total. The monoisotopic (exact) mass is 329 g/mol. The average molecular weight is 330 g/mol. The third kappa shape index (κ3) is 6.59. The predicted octanol–water partition coefficient (Wildman–Crippen LogP) is 2.32. The number of halogens is 1. The van der Waals surface area contributed by atoms with Crippen molar-refractivity contribution in [2.75, 3.05) is 33.9 Å². The molecule has 0 heterocycles. The first kappa shape index (κ1) is 16.0. The zero-order valence-electron chi connectivity index (χ0n) is 11.3. The number of methoxy groups -OCH3 is 1. The standard InChI is InChI=1S/C14H20BrNO3/c1-16(10-12(15)11-18-2)14(17)8-9-19-13-6-4-3-5-7-13/h3-7,12H,8-11H2,1-2H3. The predicted molar refractivity (Wildman–Crippen MR) is 78.8 cm³/mol. The third-order valence-electron chi connectivity index (χ3n) is 2.57. The zero-order valence-corrected chi connectivity index (χ0v) is 12.9. The number of amides is 1. The van der Waals surface area contributed by atoms with Gasteiger partial charge in [0, 0.05) is 20.7 Å². The van der Waals surface area contributed by atoms with Crippen molar-refractivity contribution in [2.45, 2.75) is 11.2 Å². The second kappa shape index (κ2) is 8.93. The fourth-order valence-electron chi connectivity index (χ4n) is 1.60. The molecular weight excluding hydrogens is 310 g/mol. The molecule has 1 aromatic rings. The van der Waals surface area contributed by atoms with Crippen LogP contribution in [-0.4, -0.2) is 49.6 Å². The van der Waals surface area contributed by atoms with Crippen molar-refractivity contribution >= 4 is 21.8 Å². The Bertz CT molecular complexity index is 372. The van der Waals surface area contributed by atoms with Gasteiger partial charge < -0.3 is 14.4 Å². The first-order valence-corrected chi connectivity index (χ1v) is 7.10. The molecular formula is C14H20BrNO3. The highest BCUT2D eigenvalue weighted by Crippen LogP contribution is 2.09. The lowest BCUT2D eigenvalue weighted by atomic mass is 10.3. The SMILES string of the molecule is COCC(Br)CN(C)C(=O)CCOc1ccccc1. The van der Waals surface area contributed by atoms with Crippen molar-refractivity contribution < 1.29 is 14.3 Å². The molecule has 0 bridgehead atoms. The number of ether oxygens (including phenoxy) is 2. The van der Waals surface area contributed by atoms with Gasteiger partial charge in [0.2, 0.25) is 5.91 Å². The second-order valence-electron chi connectivity index (χ2n) is 4.24. The average Bonchev–Trinajstić information content (AvgIpc) is 2.40. The minimum Gasteiger partial charge on any atom is -0.493 e. The lowest BCUT2D eigenvalue weighted by molar-refractivity contribution is -0.130. The van der Waals surface area contributed by atoms with E-state index in [-0.39, 0.29) is 10.7 Å². The van der Waals surface area contributed by atoms with Crippen molar-refractivity contribution in [3.8, 4) is 5.75 Å². The molecule has 0 radical (unpaired) electrons. The molecule has 0 saturated heterocycles. The van der Waals surface area contributed by atoms with E-state index in [4.69, 9.17) is 9.47 Å². The van der Waals surface area contributed by atoms with Crippen LogP contribution < -0.4 is 4.74 Å². The summed E-state index contributed by atoms with van der Waals surface area (Å²) < 4.78 is 10.5. The van der Waals surface area contributed by atoms with Gasteiger partial charge in [-0.25, -0.2) is 0 Å². The van der Waals surface area contributed by atoms with Gasteiger partial charge in [-0.05, 0) is 12.1 Å². The quantitative estimate of drug-likeness (QED) is 0.687. The molecule has 5 heteroatoms. The number of hydrogen-bond donors (Lipinski definition) is 0. The molecule has 1 atom stereocenters. The number of hydrogen-bond acceptors (Lipinski definition) is 3. The van der Waals surface area contributed by atoms with Crippen molar-refractivity contribution in [1.29, 1.82) is 0 Å². The van der Waals surface area contributed by atoms with E-state index >= 15 is 0 Å². The molecule has 0 saturated carbocycles. The van der Waals surface area contributed by atoms with E-state index in [2.05, 4.69) is 15.9 Å². The van der Waals surface area contributed by atoms with Gasteiger partial charge in [0.05, 0.1) is 24.5 Å². The highest BCUT2D eigenvalue weighted by Gasteiger charge is 2.13. The molecule has 0 aliphatic rings. The molecule has 0 aliphatic carbocycles. The topological polar surface area (TPSA) is 38.8 Å². The zero-order chi connectivity index (χ0) is 14.1. The summed E-state index contributed by atoms with van der Waals surface area (Å²) in [6, 6.07) is 9.49. The van der Waals surface area contributed by atoms with Crippen molar-refractivity contribution in [3.05, 3.63) is 30.3 Å². The lowest BCUT2D eigenvalue weighted by Gasteiger charge is -2.20. The minimum atomic E-state index is 0.0662. The van der Waals surface area contributed by atoms with E-state index < -0.39 is 0 Å². The van der Waals surface area contributed by atoms with Crippen molar-refractivity contribution in [1.82, 2.24) is 4.90 Å². The van der Waals surface area contributed by atoms with Gasteiger partial charge >= 0.3 is 0 Å².